The maximum Gasteiger partial charge on any atom is 0.108 e. The molecule has 0 aromatic carbocycles. The number of unbranched alkanes of at least 4 members (excludes halogenated alkanes) is 1. The van der Waals surface area contributed by atoms with Crippen molar-refractivity contribution in [3.05, 3.63) is 12.2 Å². The monoisotopic (exact) mass is 171 g/mol. The first-order valence-electron chi connectivity index (χ1n) is 4.52. The molecule has 0 atom stereocenters. The summed E-state index contributed by atoms with van der Waals surface area (Å²) in [6.45, 7) is 4.66. The Morgan fingerprint density at radius 3 is 2.75 bits per heavy atom. The van der Waals surface area contributed by atoms with Crippen molar-refractivity contribution in [2.75, 3.05) is 13.2 Å². The van der Waals surface area contributed by atoms with Gasteiger partial charge in [0, 0.05) is 12.3 Å². The van der Waals surface area contributed by atoms with Crippen LogP contribution in [0, 0.1) is 0 Å². The molecule has 0 aliphatic rings. The maximum absolute atomic E-state index is 11.6. The van der Waals surface area contributed by atoms with E-state index in [1.807, 2.05) is 13.0 Å². The molecule has 0 aromatic heterocycles. The third-order valence-electron chi connectivity index (χ3n) is 1.68. The third-order valence-corrected chi connectivity index (χ3v) is 1.68. The zero-order chi connectivity index (χ0) is 9.23. The molecule has 0 unspecified atom stereocenters. The van der Waals surface area contributed by atoms with Crippen molar-refractivity contribution in [1.29, 1.82) is 0 Å². The van der Waals surface area contributed by atoms with Gasteiger partial charge in [-0.2, -0.15) is 0 Å². The molecular weight excluding hydrogens is 153 g/mol. The van der Waals surface area contributed by atoms with E-state index in [1.54, 1.807) is 6.08 Å². The minimum absolute atomic E-state index is 0.350. The molecule has 0 amide bonds. The highest BCUT2D eigenvalue weighted by Gasteiger charge is 1.85. The number of hydrogen-bond donors (Lipinski definition) is 0. The molecule has 0 N–H and O–H groups in total. The molecule has 2 heteroatoms. The van der Waals surface area contributed by atoms with Gasteiger partial charge in [-0.05, 0) is 26.2 Å². The van der Waals surface area contributed by atoms with Gasteiger partial charge >= 0.3 is 0 Å². The maximum atomic E-state index is 11.6. The summed E-state index contributed by atoms with van der Waals surface area (Å²) in [5.74, 6) is 0. The molecule has 0 aromatic rings. The number of aliphatic imine (C=N–C) groups is 1. The number of nitrogens with zero attached hydrogens (tertiary/aromatic N) is 1. The molecule has 0 radical (unpaired) electrons. The predicted molar refractivity (Wildman–Crippen MR) is 52.6 cm³/mol. The molecule has 0 saturated carbocycles. The van der Waals surface area contributed by atoms with Crippen LogP contribution in [0.4, 0.5) is 4.39 Å². The summed E-state index contributed by atoms with van der Waals surface area (Å²) in [7, 11) is 0. The lowest BCUT2D eigenvalue weighted by atomic mass is 10.3. The summed E-state index contributed by atoms with van der Waals surface area (Å²) in [4.78, 5) is 4.33. The molecule has 12 heavy (non-hydrogen) atoms. The van der Waals surface area contributed by atoms with Crippen molar-refractivity contribution in [1.82, 2.24) is 0 Å². The van der Waals surface area contributed by atoms with Crippen LogP contribution in [-0.4, -0.2) is 18.9 Å². The Kier molecular flexibility index (Phi) is 7.97. The number of hydrogen-bond acceptors (Lipinski definition) is 1. The largest absolute Gasteiger partial charge is 0.294 e. The van der Waals surface area contributed by atoms with Gasteiger partial charge in [-0.3, -0.25) is 4.99 Å². The van der Waals surface area contributed by atoms with Crippen molar-refractivity contribution >= 4 is 5.71 Å². The minimum atomic E-state index is -0.350. The molecule has 0 saturated heterocycles. The second kappa shape index (κ2) is 8.44. The Morgan fingerprint density at radius 1 is 1.42 bits per heavy atom. The molecule has 0 rings (SSSR count). The fourth-order valence-electron chi connectivity index (χ4n) is 0.772. The summed E-state index contributed by atoms with van der Waals surface area (Å²) >= 11 is 0. The van der Waals surface area contributed by atoms with Gasteiger partial charge < -0.3 is 0 Å². The van der Waals surface area contributed by atoms with Crippen LogP contribution in [0.1, 0.15) is 33.1 Å². The Morgan fingerprint density at radius 2 is 2.17 bits per heavy atom. The lowest BCUT2D eigenvalue weighted by Crippen LogP contribution is -1.90. The second-order valence-electron chi connectivity index (χ2n) is 2.74. The standard InChI is InChI=1S/C10H18FN/c1-3-10(2)12-9-7-5-4-6-8-11/h4,6H,3,5,7-9H2,1-2H3. The lowest BCUT2D eigenvalue weighted by molar-refractivity contribution is 0.560. The molecular formula is C10H18FN. The first-order chi connectivity index (χ1) is 5.81. The van der Waals surface area contributed by atoms with E-state index in [2.05, 4.69) is 11.9 Å². The Bertz CT molecular complexity index is 150. The fraction of sp³-hybridized carbons (Fsp3) is 0.700. The summed E-state index contributed by atoms with van der Waals surface area (Å²) in [5, 5.41) is 0. The summed E-state index contributed by atoms with van der Waals surface area (Å²) in [6, 6.07) is 0. The van der Waals surface area contributed by atoms with Gasteiger partial charge in [0.05, 0.1) is 0 Å². The van der Waals surface area contributed by atoms with Gasteiger partial charge in [-0.15, -0.1) is 0 Å². The minimum Gasteiger partial charge on any atom is -0.294 e. The number of halogens is 1. The van der Waals surface area contributed by atoms with E-state index in [0.29, 0.717) is 0 Å². The zero-order valence-electron chi connectivity index (χ0n) is 8.02. The van der Waals surface area contributed by atoms with Crippen molar-refractivity contribution < 1.29 is 4.39 Å². The van der Waals surface area contributed by atoms with Crippen LogP contribution >= 0.6 is 0 Å². The van der Waals surface area contributed by atoms with Gasteiger partial charge in [0.1, 0.15) is 6.67 Å². The van der Waals surface area contributed by atoms with E-state index in [9.17, 15) is 4.39 Å². The molecule has 0 bridgehead atoms. The number of alkyl halides is 1. The van der Waals surface area contributed by atoms with Crippen LogP contribution in [0.2, 0.25) is 0 Å². The average molecular weight is 171 g/mol. The molecule has 0 spiro atoms. The molecule has 0 aliphatic carbocycles. The van der Waals surface area contributed by atoms with Gasteiger partial charge in [-0.25, -0.2) is 4.39 Å². The van der Waals surface area contributed by atoms with Crippen molar-refractivity contribution in [2.45, 2.75) is 33.1 Å². The van der Waals surface area contributed by atoms with Gasteiger partial charge in [0.15, 0.2) is 0 Å². The molecule has 0 heterocycles. The van der Waals surface area contributed by atoms with Crippen LogP contribution in [-0.2, 0) is 0 Å². The van der Waals surface area contributed by atoms with Crippen LogP contribution in [0.25, 0.3) is 0 Å². The molecule has 0 aliphatic heterocycles. The highest BCUT2D eigenvalue weighted by Crippen LogP contribution is 1.93. The quantitative estimate of drug-likeness (QED) is 0.331. The van der Waals surface area contributed by atoms with Gasteiger partial charge in [-0.1, -0.05) is 19.1 Å². The topological polar surface area (TPSA) is 12.4 Å². The van der Waals surface area contributed by atoms with Crippen LogP contribution in [0.3, 0.4) is 0 Å². The van der Waals surface area contributed by atoms with Gasteiger partial charge in [0.25, 0.3) is 0 Å². The SMILES string of the molecule is CCC(C)=NCCCC=CCF. The smallest absolute Gasteiger partial charge is 0.108 e. The predicted octanol–water partition coefficient (Wildman–Crippen LogP) is 3.16. The first kappa shape index (κ1) is 11.3. The normalized spacial score (nSPS) is 12.8. The van der Waals surface area contributed by atoms with Crippen molar-refractivity contribution in [3.63, 3.8) is 0 Å². The number of allylic oxidation sites excluding steroid dienone is 2. The Balaban J connectivity index is 3.26. The highest BCUT2D eigenvalue weighted by molar-refractivity contribution is 5.81. The van der Waals surface area contributed by atoms with Crippen LogP contribution < -0.4 is 0 Å². The van der Waals surface area contributed by atoms with E-state index >= 15 is 0 Å². The number of rotatable bonds is 6. The third kappa shape index (κ3) is 7.45. The average Bonchev–Trinajstić information content (AvgIpc) is 2.10. The van der Waals surface area contributed by atoms with E-state index in [1.165, 1.54) is 5.71 Å². The highest BCUT2D eigenvalue weighted by atomic mass is 19.1. The fourth-order valence-corrected chi connectivity index (χ4v) is 0.772. The van der Waals surface area contributed by atoms with Crippen molar-refractivity contribution in [3.8, 4) is 0 Å². The second-order valence-corrected chi connectivity index (χ2v) is 2.74. The molecule has 70 valence electrons. The van der Waals surface area contributed by atoms with E-state index in [0.717, 1.165) is 25.8 Å². The zero-order valence-corrected chi connectivity index (χ0v) is 8.02. The lowest BCUT2D eigenvalue weighted by Gasteiger charge is -1.94. The Labute approximate surface area is 74.4 Å². The van der Waals surface area contributed by atoms with E-state index in [-0.39, 0.29) is 6.67 Å². The molecule has 0 fully saturated rings. The van der Waals surface area contributed by atoms with Gasteiger partial charge in [0.2, 0.25) is 0 Å². The summed E-state index contributed by atoms with van der Waals surface area (Å²) < 4.78 is 11.6. The van der Waals surface area contributed by atoms with Crippen molar-refractivity contribution in [2.24, 2.45) is 4.99 Å². The first-order valence-corrected chi connectivity index (χ1v) is 4.52. The van der Waals surface area contributed by atoms with E-state index in [4.69, 9.17) is 0 Å². The summed E-state index contributed by atoms with van der Waals surface area (Å²) in [5.41, 5.74) is 1.20. The van der Waals surface area contributed by atoms with Crippen LogP contribution in [0.5, 0.6) is 0 Å². The van der Waals surface area contributed by atoms with E-state index < -0.39 is 0 Å². The molecule has 1 nitrogen and oxygen atoms in total. The summed E-state index contributed by atoms with van der Waals surface area (Å²) in [6.07, 6.45) is 6.41. The Hall–Kier alpha value is -0.660. The van der Waals surface area contributed by atoms with Crippen LogP contribution in [0.15, 0.2) is 17.1 Å².